The molecule has 5 heteroatoms. The highest BCUT2D eigenvalue weighted by atomic mass is 32.1. The summed E-state index contributed by atoms with van der Waals surface area (Å²) < 4.78 is 0. The minimum absolute atomic E-state index is 0.107. The lowest BCUT2D eigenvalue weighted by atomic mass is 10.1. The maximum atomic E-state index is 12.0. The molecule has 1 aromatic carbocycles. The van der Waals surface area contributed by atoms with Crippen LogP contribution in [0.1, 0.15) is 28.9 Å². The molecule has 4 nitrogen and oxygen atoms in total. The van der Waals surface area contributed by atoms with E-state index in [1.165, 1.54) is 0 Å². The van der Waals surface area contributed by atoms with Gasteiger partial charge in [-0.15, -0.1) is 0 Å². The molecule has 4 N–H and O–H groups in total. The van der Waals surface area contributed by atoms with Gasteiger partial charge in [0.1, 0.15) is 0 Å². The molecular formula is C13H14N2O2S. The predicted molar refractivity (Wildman–Crippen MR) is 72.7 cm³/mol. The smallest absolute Gasteiger partial charge is 0.255 e. The van der Waals surface area contributed by atoms with Crippen LogP contribution in [0.4, 0.5) is 5.69 Å². The number of carbonyl (C=O) groups excluding carboxylic acids is 1. The molecule has 0 fully saturated rings. The van der Waals surface area contributed by atoms with Crippen molar-refractivity contribution >= 4 is 22.9 Å². The first kappa shape index (κ1) is 12.4. The average molecular weight is 262 g/mol. The molecule has 1 unspecified atom stereocenters. The van der Waals surface area contributed by atoms with Crippen LogP contribution in [-0.2, 0) is 0 Å². The van der Waals surface area contributed by atoms with E-state index in [1.807, 2.05) is 23.8 Å². The molecule has 1 aromatic heterocycles. The van der Waals surface area contributed by atoms with Gasteiger partial charge in [-0.3, -0.25) is 4.79 Å². The van der Waals surface area contributed by atoms with Crippen molar-refractivity contribution in [2.24, 2.45) is 0 Å². The number of rotatable bonds is 3. The van der Waals surface area contributed by atoms with Gasteiger partial charge < -0.3 is 16.2 Å². The summed E-state index contributed by atoms with van der Waals surface area (Å²) in [7, 11) is 0. The van der Waals surface area contributed by atoms with Crippen LogP contribution in [-0.4, -0.2) is 11.0 Å². The summed E-state index contributed by atoms with van der Waals surface area (Å²) in [5.41, 5.74) is 6.99. The lowest BCUT2D eigenvalue weighted by molar-refractivity contribution is 0.0937. The summed E-state index contributed by atoms with van der Waals surface area (Å²) in [5.74, 6) is -0.508. The van der Waals surface area contributed by atoms with Crippen LogP contribution >= 0.6 is 11.3 Å². The monoisotopic (exact) mass is 262 g/mol. The first-order valence-electron chi connectivity index (χ1n) is 5.50. The first-order chi connectivity index (χ1) is 8.59. The van der Waals surface area contributed by atoms with Crippen LogP contribution in [0.5, 0.6) is 5.75 Å². The third kappa shape index (κ3) is 2.46. The Hall–Kier alpha value is -2.01. The summed E-state index contributed by atoms with van der Waals surface area (Å²) in [6.45, 7) is 1.89. The van der Waals surface area contributed by atoms with Gasteiger partial charge in [0.15, 0.2) is 5.75 Å². The second kappa shape index (κ2) is 5.10. The fourth-order valence-corrected chi connectivity index (χ4v) is 2.38. The molecule has 0 saturated carbocycles. The lowest BCUT2D eigenvalue weighted by Gasteiger charge is -2.13. The molecule has 0 aliphatic carbocycles. The normalized spacial score (nSPS) is 12.1. The summed E-state index contributed by atoms with van der Waals surface area (Å²) in [5, 5.41) is 16.5. The highest BCUT2D eigenvalue weighted by Crippen LogP contribution is 2.25. The number of carbonyl (C=O) groups is 1. The Kier molecular flexibility index (Phi) is 3.53. The summed E-state index contributed by atoms with van der Waals surface area (Å²) in [6, 6.07) is 6.58. The van der Waals surface area contributed by atoms with Gasteiger partial charge in [-0.1, -0.05) is 6.07 Å². The second-order valence-electron chi connectivity index (χ2n) is 4.00. The van der Waals surface area contributed by atoms with E-state index in [2.05, 4.69) is 5.32 Å². The van der Waals surface area contributed by atoms with Crippen LogP contribution in [0.15, 0.2) is 35.0 Å². The Morgan fingerprint density at radius 3 is 2.89 bits per heavy atom. The van der Waals surface area contributed by atoms with Crippen LogP contribution < -0.4 is 11.1 Å². The third-order valence-electron chi connectivity index (χ3n) is 2.70. The third-order valence-corrected chi connectivity index (χ3v) is 3.40. The highest BCUT2D eigenvalue weighted by Gasteiger charge is 2.15. The highest BCUT2D eigenvalue weighted by molar-refractivity contribution is 7.07. The molecule has 2 aromatic rings. The fraction of sp³-hybridized carbons (Fsp3) is 0.154. The Morgan fingerprint density at radius 2 is 2.22 bits per heavy atom. The second-order valence-corrected chi connectivity index (χ2v) is 4.78. The van der Waals surface area contributed by atoms with Crippen molar-refractivity contribution in [3.63, 3.8) is 0 Å². The van der Waals surface area contributed by atoms with Crippen molar-refractivity contribution in [3.8, 4) is 5.75 Å². The Labute approximate surface area is 109 Å². The molecule has 1 atom stereocenters. The van der Waals surface area contributed by atoms with Crippen LogP contribution in [0.3, 0.4) is 0 Å². The minimum atomic E-state index is -0.335. The number of nitrogens with two attached hydrogens (primary N) is 1. The maximum Gasteiger partial charge on any atom is 0.255 e. The molecule has 0 bridgehead atoms. The molecule has 0 saturated heterocycles. The largest absolute Gasteiger partial charge is 0.505 e. The van der Waals surface area contributed by atoms with Crippen molar-refractivity contribution in [1.29, 1.82) is 0 Å². The van der Waals surface area contributed by atoms with Crippen LogP contribution in [0.2, 0.25) is 0 Å². The maximum absolute atomic E-state index is 12.0. The molecule has 2 rings (SSSR count). The van der Waals surface area contributed by atoms with Crippen molar-refractivity contribution in [2.75, 3.05) is 5.73 Å². The Bertz CT molecular complexity index is 552. The summed E-state index contributed by atoms with van der Waals surface area (Å²) in [4.78, 5) is 12.0. The fourth-order valence-electron chi connectivity index (χ4n) is 1.62. The number of hydrogen-bond donors (Lipinski definition) is 3. The molecule has 0 aliphatic heterocycles. The van der Waals surface area contributed by atoms with E-state index in [9.17, 15) is 9.90 Å². The summed E-state index contributed by atoms with van der Waals surface area (Å²) >= 11 is 1.58. The van der Waals surface area contributed by atoms with Crippen molar-refractivity contribution in [3.05, 3.63) is 46.2 Å². The molecule has 18 heavy (non-hydrogen) atoms. The molecule has 1 amide bonds. The number of benzene rings is 1. The predicted octanol–water partition coefficient (Wildman–Crippen LogP) is 2.53. The van der Waals surface area contributed by atoms with Crippen molar-refractivity contribution < 1.29 is 9.90 Å². The molecule has 0 aliphatic rings. The molecule has 1 heterocycles. The van der Waals surface area contributed by atoms with E-state index in [4.69, 9.17) is 5.73 Å². The van der Waals surface area contributed by atoms with Gasteiger partial charge in [0.25, 0.3) is 5.91 Å². The standard InChI is InChI=1S/C13H14N2O2S/c1-8(9-5-6-18-7-9)15-13(17)10-3-2-4-11(14)12(10)16/h2-8,16H,14H2,1H3,(H,15,17). The van der Waals surface area contributed by atoms with Gasteiger partial charge in [-0.2, -0.15) is 11.3 Å². The van der Waals surface area contributed by atoms with Gasteiger partial charge in [0.2, 0.25) is 0 Å². The van der Waals surface area contributed by atoms with E-state index >= 15 is 0 Å². The van der Waals surface area contributed by atoms with Crippen LogP contribution in [0, 0.1) is 0 Å². The zero-order valence-electron chi connectivity index (χ0n) is 9.88. The molecule has 0 spiro atoms. The Morgan fingerprint density at radius 1 is 1.44 bits per heavy atom. The number of hydrogen-bond acceptors (Lipinski definition) is 4. The quantitative estimate of drug-likeness (QED) is 0.587. The summed E-state index contributed by atoms with van der Waals surface area (Å²) in [6.07, 6.45) is 0. The van der Waals surface area contributed by atoms with Crippen molar-refractivity contribution in [2.45, 2.75) is 13.0 Å². The average Bonchev–Trinajstić information content (AvgIpc) is 2.86. The number of nitrogen functional groups attached to an aromatic ring is 1. The number of amides is 1. The number of para-hydroxylation sites is 1. The number of anilines is 1. The lowest BCUT2D eigenvalue weighted by Crippen LogP contribution is -2.26. The molecular weight excluding hydrogens is 248 g/mol. The van der Waals surface area contributed by atoms with E-state index in [1.54, 1.807) is 29.5 Å². The molecule has 94 valence electrons. The van der Waals surface area contributed by atoms with Gasteiger partial charge >= 0.3 is 0 Å². The van der Waals surface area contributed by atoms with Gasteiger partial charge in [-0.25, -0.2) is 0 Å². The number of aromatic hydroxyl groups is 1. The first-order valence-corrected chi connectivity index (χ1v) is 6.44. The van der Waals surface area contributed by atoms with Gasteiger partial charge in [-0.05, 0) is 41.4 Å². The topological polar surface area (TPSA) is 75.4 Å². The number of nitrogens with one attached hydrogen (secondary N) is 1. The van der Waals surface area contributed by atoms with E-state index in [0.717, 1.165) is 5.56 Å². The van der Waals surface area contributed by atoms with Crippen LogP contribution in [0.25, 0.3) is 0 Å². The zero-order valence-corrected chi connectivity index (χ0v) is 10.7. The molecule has 0 radical (unpaired) electrons. The number of phenolic OH excluding ortho intramolecular Hbond substituents is 1. The number of thiophene rings is 1. The zero-order chi connectivity index (χ0) is 13.1. The van der Waals surface area contributed by atoms with Crippen molar-refractivity contribution in [1.82, 2.24) is 5.32 Å². The van der Waals surface area contributed by atoms with E-state index < -0.39 is 0 Å². The SMILES string of the molecule is CC(NC(=O)c1cccc(N)c1O)c1ccsc1. The van der Waals surface area contributed by atoms with E-state index in [-0.39, 0.29) is 28.9 Å². The number of phenols is 1. The minimum Gasteiger partial charge on any atom is -0.505 e. The van der Waals surface area contributed by atoms with Gasteiger partial charge in [0, 0.05) is 0 Å². The Balaban J connectivity index is 2.15. The van der Waals surface area contributed by atoms with E-state index in [0.29, 0.717) is 0 Å². The van der Waals surface area contributed by atoms with Gasteiger partial charge in [0.05, 0.1) is 17.3 Å².